The minimum Gasteiger partial charge on any atom is -0.481 e. The summed E-state index contributed by atoms with van der Waals surface area (Å²) in [6.07, 6.45) is 3.29. The molecule has 0 amide bonds. The topological polar surface area (TPSA) is 68.0 Å². The maximum atomic E-state index is 10.9. The number of carboxylic acids is 1. The molecule has 0 spiro atoms. The largest absolute Gasteiger partial charge is 0.481 e. The number of carbonyl (C=O) groups is 1. The summed E-state index contributed by atoms with van der Waals surface area (Å²) in [6.45, 7) is 1.66. The first-order chi connectivity index (χ1) is 7.68. The average Bonchev–Trinajstić information content (AvgIpc) is 2.81. The number of benzene rings is 1. The Morgan fingerprint density at radius 2 is 2.31 bits per heavy atom. The van der Waals surface area contributed by atoms with Crippen LogP contribution >= 0.6 is 0 Å². The summed E-state index contributed by atoms with van der Waals surface area (Å²) in [7, 11) is 0. The molecule has 0 fully saturated rings. The molecule has 1 N–H and O–H groups in total. The van der Waals surface area contributed by atoms with E-state index in [1.807, 2.05) is 12.1 Å². The number of hydrogen-bond donors (Lipinski definition) is 1. The van der Waals surface area contributed by atoms with E-state index in [2.05, 4.69) is 10.3 Å². The molecule has 5 heteroatoms. The van der Waals surface area contributed by atoms with Gasteiger partial charge in [0.1, 0.15) is 0 Å². The van der Waals surface area contributed by atoms with Crippen molar-refractivity contribution in [1.82, 2.24) is 15.0 Å². The van der Waals surface area contributed by atoms with Gasteiger partial charge in [0.2, 0.25) is 0 Å². The van der Waals surface area contributed by atoms with Gasteiger partial charge in [-0.3, -0.25) is 4.79 Å². The molecular weight excluding hydrogens is 206 g/mol. The van der Waals surface area contributed by atoms with E-state index in [9.17, 15) is 4.79 Å². The quantitative estimate of drug-likeness (QED) is 0.845. The first-order valence-corrected chi connectivity index (χ1v) is 4.88. The molecule has 1 heterocycles. The lowest BCUT2D eigenvalue weighted by atomic mass is 10.0. The first kappa shape index (κ1) is 10.4. The van der Waals surface area contributed by atoms with Crippen molar-refractivity contribution in [2.45, 2.75) is 12.8 Å². The predicted molar refractivity (Wildman–Crippen MR) is 57.4 cm³/mol. The number of aliphatic carboxylic acids is 1. The fraction of sp³-hybridized carbons (Fsp3) is 0.182. The van der Waals surface area contributed by atoms with Crippen LogP contribution in [0.2, 0.25) is 0 Å². The summed E-state index contributed by atoms with van der Waals surface area (Å²) in [5.74, 6) is -1.36. The standard InChI is InChI=1S/C11H11N3O2/c1-8(11(15)16)9-3-2-4-10(7-9)14-6-5-12-13-14/h2-8H,1H3,(H,15,16). The normalized spacial score (nSPS) is 12.3. The molecule has 1 atom stereocenters. The summed E-state index contributed by atoms with van der Waals surface area (Å²) in [5, 5.41) is 16.5. The zero-order chi connectivity index (χ0) is 11.5. The molecule has 1 unspecified atom stereocenters. The van der Waals surface area contributed by atoms with Crippen LogP contribution in [0.3, 0.4) is 0 Å². The maximum Gasteiger partial charge on any atom is 0.310 e. The molecule has 0 aliphatic heterocycles. The van der Waals surface area contributed by atoms with E-state index in [-0.39, 0.29) is 0 Å². The SMILES string of the molecule is CC(C(=O)O)c1cccc(-n2ccnn2)c1. The third kappa shape index (κ3) is 1.93. The molecule has 0 bridgehead atoms. The van der Waals surface area contributed by atoms with E-state index in [1.165, 1.54) is 0 Å². The van der Waals surface area contributed by atoms with Gasteiger partial charge in [-0.25, -0.2) is 4.68 Å². The monoisotopic (exact) mass is 217 g/mol. The smallest absolute Gasteiger partial charge is 0.310 e. The number of nitrogens with zero attached hydrogens (tertiary/aromatic N) is 3. The molecule has 0 radical (unpaired) electrons. The highest BCUT2D eigenvalue weighted by Crippen LogP contribution is 2.18. The van der Waals surface area contributed by atoms with Crippen molar-refractivity contribution in [2.75, 3.05) is 0 Å². The van der Waals surface area contributed by atoms with Crippen molar-refractivity contribution in [3.63, 3.8) is 0 Å². The van der Waals surface area contributed by atoms with Crippen LogP contribution in [0, 0.1) is 0 Å². The van der Waals surface area contributed by atoms with E-state index in [0.29, 0.717) is 0 Å². The Morgan fingerprint density at radius 1 is 1.50 bits per heavy atom. The highest BCUT2D eigenvalue weighted by Gasteiger charge is 2.13. The second kappa shape index (κ2) is 4.14. The van der Waals surface area contributed by atoms with Gasteiger partial charge in [0, 0.05) is 0 Å². The third-order valence-electron chi connectivity index (χ3n) is 2.43. The third-order valence-corrected chi connectivity index (χ3v) is 2.43. The van der Waals surface area contributed by atoms with Crippen LogP contribution in [0.15, 0.2) is 36.7 Å². The summed E-state index contributed by atoms with van der Waals surface area (Å²) < 4.78 is 1.60. The van der Waals surface area contributed by atoms with Crippen LogP contribution in [-0.2, 0) is 4.79 Å². The molecule has 2 aromatic rings. The highest BCUT2D eigenvalue weighted by molar-refractivity contribution is 5.75. The molecule has 1 aromatic heterocycles. The summed E-state index contributed by atoms with van der Waals surface area (Å²) in [5.41, 5.74) is 1.56. The lowest BCUT2D eigenvalue weighted by Gasteiger charge is -2.08. The van der Waals surface area contributed by atoms with Crippen molar-refractivity contribution in [2.24, 2.45) is 0 Å². The maximum absolute atomic E-state index is 10.9. The Labute approximate surface area is 92.3 Å². The Bertz CT molecular complexity index is 494. The predicted octanol–water partition coefficient (Wildman–Crippen LogP) is 1.46. The van der Waals surface area contributed by atoms with Crippen molar-refractivity contribution in [3.8, 4) is 5.69 Å². The second-order valence-corrected chi connectivity index (χ2v) is 3.50. The van der Waals surface area contributed by atoms with E-state index in [4.69, 9.17) is 5.11 Å². The molecule has 0 aliphatic rings. The van der Waals surface area contributed by atoms with Crippen LogP contribution in [0.4, 0.5) is 0 Å². The van der Waals surface area contributed by atoms with Gasteiger partial charge in [-0.1, -0.05) is 17.3 Å². The van der Waals surface area contributed by atoms with E-state index in [1.54, 1.807) is 36.1 Å². The summed E-state index contributed by atoms with van der Waals surface area (Å²) >= 11 is 0. The molecule has 0 saturated heterocycles. The summed E-state index contributed by atoms with van der Waals surface area (Å²) in [4.78, 5) is 10.9. The lowest BCUT2D eigenvalue weighted by Crippen LogP contribution is -2.08. The Morgan fingerprint density at radius 3 is 2.94 bits per heavy atom. The molecule has 0 saturated carbocycles. The van der Waals surface area contributed by atoms with Crippen molar-refractivity contribution >= 4 is 5.97 Å². The molecule has 0 aliphatic carbocycles. The molecule has 1 aromatic carbocycles. The van der Waals surface area contributed by atoms with Crippen molar-refractivity contribution in [1.29, 1.82) is 0 Å². The van der Waals surface area contributed by atoms with E-state index in [0.717, 1.165) is 11.3 Å². The van der Waals surface area contributed by atoms with Gasteiger partial charge in [0.25, 0.3) is 0 Å². The minimum absolute atomic E-state index is 0.525. The number of hydrogen-bond acceptors (Lipinski definition) is 3. The molecule has 16 heavy (non-hydrogen) atoms. The zero-order valence-corrected chi connectivity index (χ0v) is 8.74. The Hall–Kier alpha value is -2.17. The van der Waals surface area contributed by atoms with Gasteiger partial charge < -0.3 is 5.11 Å². The zero-order valence-electron chi connectivity index (χ0n) is 8.74. The van der Waals surface area contributed by atoms with Gasteiger partial charge >= 0.3 is 5.97 Å². The molecule has 82 valence electrons. The van der Waals surface area contributed by atoms with Gasteiger partial charge in [0.05, 0.1) is 24.0 Å². The van der Waals surface area contributed by atoms with Crippen LogP contribution in [-0.4, -0.2) is 26.1 Å². The fourth-order valence-electron chi connectivity index (χ4n) is 1.43. The van der Waals surface area contributed by atoms with Crippen molar-refractivity contribution < 1.29 is 9.90 Å². The van der Waals surface area contributed by atoms with Gasteiger partial charge in [-0.15, -0.1) is 5.10 Å². The molecular formula is C11H11N3O2. The molecule has 5 nitrogen and oxygen atoms in total. The average molecular weight is 217 g/mol. The fourth-order valence-corrected chi connectivity index (χ4v) is 1.43. The molecule has 2 rings (SSSR count). The van der Waals surface area contributed by atoms with Crippen LogP contribution in [0.25, 0.3) is 5.69 Å². The number of rotatable bonds is 3. The van der Waals surface area contributed by atoms with Crippen LogP contribution < -0.4 is 0 Å². The second-order valence-electron chi connectivity index (χ2n) is 3.50. The first-order valence-electron chi connectivity index (χ1n) is 4.88. The van der Waals surface area contributed by atoms with E-state index < -0.39 is 11.9 Å². The minimum atomic E-state index is -0.837. The van der Waals surface area contributed by atoms with Gasteiger partial charge in [0.15, 0.2) is 0 Å². The van der Waals surface area contributed by atoms with E-state index >= 15 is 0 Å². The van der Waals surface area contributed by atoms with Gasteiger partial charge in [-0.2, -0.15) is 0 Å². The summed E-state index contributed by atoms with van der Waals surface area (Å²) in [6, 6.07) is 7.26. The number of carboxylic acid groups (broad SMARTS) is 1. The Balaban J connectivity index is 2.37. The van der Waals surface area contributed by atoms with Crippen molar-refractivity contribution in [3.05, 3.63) is 42.2 Å². The Kier molecular flexibility index (Phi) is 2.68. The van der Waals surface area contributed by atoms with Gasteiger partial charge in [-0.05, 0) is 24.6 Å². The van der Waals surface area contributed by atoms with Crippen LogP contribution in [0.5, 0.6) is 0 Å². The lowest BCUT2D eigenvalue weighted by molar-refractivity contribution is -0.138. The highest BCUT2D eigenvalue weighted by atomic mass is 16.4. The van der Waals surface area contributed by atoms with Crippen LogP contribution in [0.1, 0.15) is 18.4 Å². The number of aromatic nitrogens is 3.